The minimum Gasteiger partial charge on any atom is -0.497 e. The molecule has 7 nitrogen and oxygen atoms in total. The van der Waals surface area contributed by atoms with Gasteiger partial charge in [0.25, 0.3) is 0 Å². The fourth-order valence-electron chi connectivity index (χ4n) is 3.36. The molecule has 1 aromatic heterocycles. The van der Waals surface area contributed by atoms with E-state index in [1.54, 1.807) is 14.2 Å². The highest BCUT2D eigenvalue weighted by Crippen LogP contribution is 2.28. The van der Waals surface area contributed by atoms with E-state index < -0.39 is 15.7 Å². The Labute approximate surface area is 215 Å². The average Bonchev–Trinajstić information content (AvgIpc) is 2.84. The van der Waals surface area contributed by atoms with Crippen LogP contribution in [0.15, 0.2) is 54.6 Å². The molecular formula is C26H33ClN4O3S. The van der Waals surface area contributed by atoms with Crippen LogP contribution in [0.1, 0.15) is 50.4 Å². The van der Waals surface area contributed by atoms with E-state index in [0.717, 1.165) is 28.2 Å². The fourth-order valence-corrected chi connectivity index (χ4v) is 4.42. The molecule has 2 atom stereocenters. The lowest BCUT2D eigenvalue weighted by Crippen LogP contribution is -2.35. The van der Waals surface area contributed by atoms with Gasteiger partial charge in [0, 0.05) is 24.7 Å². The van der Waals surface area contributed by atoms with Crippen molar-refractivity contribution < 1.29 is 13.7 Å². The maximum atomic E-state index is 12.7. The molecule has 0 aliphatic rings. The molecule has 1 heterocycles. The summed E-state index contributed by atoms with van der Waals surface area (Å²) >= 11 is 6.42. The predicted molar refractivity (Wildman–Crippen MR) is 142 cm³/mol. The Kier molecular flexibility index (Phi) is 9.10. The van der Waals surface area contributed by atoms with Gasteiger partial charge in [-0.15, -0.1) is 10.2 Å². The highest BCUT2D eigenvalue weighted by Gasteiger charge is 2.24. The number of methoxy groups -OCH3 is 2. The summed E-state index contributed by atoms with van der Waals surface area (Å²) in [6.45, 7) is 8.89. The lowest BCUT2D eigenvalue weighted by molar-refractivity contribution is 0.414. The van der Waals surface area contributed by atoms with Gasteiger partial charge in [0.15, 0.2) is 11.0 Å². The van der Waals surface area contributed by atoms with Crippen molar-refractivity contribution >= 4 is 28.4 Å². The molecule has 3 rings (SSSR count). The second-order valence-electron chi connectivity index (χ2n) is 9.22. The normalized spacial score (nSPS) is 13.2. The summed E-state index contributed by atoms with van der Waals surface area (Å²) in [7, 11) is 2.04. The lowest BCUT2D eigenvalue weighted by Gasteiger charge is -2.26. The van der Waals surface area contributed by atoms with Crippen LogP contribution in [0.4, 0.5) is 5.82 Å². The molecule has 2 aromatic carbocycles. The van der Waals surface area contributed by atoms with Crippen molar-refractivity contribution in [1.82, 2.24) is 14.9 Å². The molecule has 188 valence electrons. The number of benzene rings is 2. The van der Waals surface area contributed by atoms with Crippen molar-refractivity contribution in [3.05, 3.63) is 76.4 Å². The number of ether oxygens (including phenoxy) is 2. The first kappa shape index (κ1) is 26.9. The van der Waals surface area contributed by atoms with Crippen LogP contribution in [-0.4, -0.2) is 33.4 Å². The van der Waals surface area contributed by atoms with E-state index in [9.17, 15) is 4.21 Å². The second-order valence-corrected chi connectivity index (χ2v) is 11.6. The number of rotatable bonds is 10. The largest absolute Gasteiger partial charge is 0.497 e. The van der Waals surface area contributed by atoms with Gasteiger partial charge in [-0.05, 0) is 69.2 Å². The Bertz CT molecular complexity index is 1090. The van der Waals surface area contributed by atoms with Crippen molar-refractivity contribution in [2.75, 3.05) is 19.1 Å². The molecule has 35 heavy (non-hydrogen) atoms. The smallest absolute Gasteiger partial charge is 0.156 e. The average molecular weight is 517 g/mol. The number of halogens is 1. The molecule has 0 bridgehead atoms. The maximum Gasteiger partial charge on any atom is 0.156 e. The summed E-state index contributed by atoms with van der Waals surface area (Å²) in [6.07, 6.45) is 0. The van der Waals surface area contributed by atoms with Gasteiger partial charge >= 0.3 is 0 Å². The van der Waals surface area contributed by atoms with Crippen LogP contribution < -0.4 is 19.1 Å². The molecule has 0 spiro atoms. The van der Waals surface area contributed by atoms with Gasteiger partial charge in [-0.25, -0.2) is 8.93 Å². The monoisotopic (exact) mass is 516 g/mol. The third-order valence-electron chi connectivity index (χ3n) is 5.46. The molecule has 1 unspecified atom stereocenters. The van der Waals surface area contributed by atoms with E-state index in [0.29, 0.717) is 18.9 Å². The quantitative estimate of drug-likeness (QED) is 0.385. The summed E-state index contributed by atoms with van der Waals surface area (Å²) in [5, 5.41) is 8.91. The number of nitrogens with one attached hydrogen (secondary N) is 1. The molecule has 0 aliphatic heterocycles. The van der Waals surface area contributed by atoms with Gasteiger partial charge in [0.2, 0.25) is 0 Å². The highest BCUT2D eigenvalue weighted by atomic mass is 35.5. The summed E-state index contributed by atoms with van der Waals surface area (Å²) in [4.78, 5) is 2.13. The van der Waals surface area contributed by atoms with Crippen molar-refractivity contribution in [1.29, 1.82) is 0 Å². The summed E-state index contributed by atoms with van der Waals surface area (Å²) < 4.78 is 26.0. The predicted octanol–water partition coefficient (Wildman–Crippen LogP) is 5.47. The Hall–Kier alpha value is -2.68. The minimum atomic E-state index is -1.26. The second kappa shape index (κ2) is 11.8. The first-order valence-corrected chi connectivity index (χ1v) is 12.9. The Balaban J connectivity index is 1.92. The highest BCUT2D eigenvalue weighted by molar-refractivity contribution is 7.84. The SMILES string of the molecule is COc1ccc(CN(Cc2ccc(OC)cc2)c2cc([C@@H](C)NS(=O)C(C)(C)C)c(Cl)nn2)cc1. The standard InChI is InChI=1S/C26H33ClN4O3S/c1-18(30-35(32)26(2,3)4)23-15-24(28-29-25(23)27)31(16-19-7-11-21(33-5)12-8-19)17-20-9-13-22(34-6)14-10-20/h7-15,18,30H,16-17H2,1-6H3/t18-,35?/m1/s1. The number of aromatic nitrogens is 2. The van der Waals surface area contributed by atoms with E-state index in [1.807, 2.05) is 82.3 Å². The number of hydrogen-bond acceptors (Lipinski definition) is 6. The summed E-state index contributed by atoms with van der Waals surface area (Å²) in [5.41, 5.74) is 2.93. The van der Waals surface area contributed by atoms with Gasteiger partial charge in [-0.3, -0.25) is 0 Å². The lowest BCUT2D eigenvalue weighted by atomic mass is 10.1. The van der Waals surface area contributed by atoms with Gasteiger partial charge in [0.1, 0.15) is 11.5 Å². The van der Waals surface area contributed by atoms with Crippen LogP contribution in [0, 0.1) is 0 Å². The molecule has 9 heteroatoms. The van der Waals surface area contributed by atoms with E-state index in [4.69, 9.17) is 21.1 Å². The molecule has 1 N–H and O–H groups in total. The van der Waals surface area contributed by atoms with Crippen molar-refractivity contribution in [2.45, 2.75) is 51.6 Å². The fraction of sp³-hybridized carbons (Fsp3) is 0.385. The number of anilines is 1. The molecular weight excluding hydrogens is 484 g/mol. The van der Waals surface area contributed by atoms with E-state index in [-0.39, 0.29) is 11.2 Å². The molecule has 3 aromatic rings. The third kappa shape index (κ3) is 7.40. The first-order valence-electron chi connectivity index (χ1n) is 11.3. The zero-order valence-electron chi connectivity index (χ0n) is 21.0. The van der Waals surface area contributed by atoms with Crippen LogP contribution in [-0.2, 0) is 24.1 Å². The molecule has 0 aliphatic carbocycles. The molecule has 0 fully saturated rings. The topological polar surface area (TPSA) is 76.6 Å². The zero-order chi connectivity index (χ0) is 25.6. The minimum absolute atomic E-state index is 0.277. The van der Waals surface area contributed by atoms with Crippen LogP contribution in [0.2, 0.25) is 5.15 Å². The van der Waals surface area contributed by atoms with E-state index in [1.165, 1.54) is 0 Å². The maximum absolute atomic E-state index is 12.7. The van der Waals surface area contributed by atoms with E-state index in [2.05, 4.69) is 19.8 Å². The van der Waals surface area contributed by atoms with Gasteiger partial charge < -0.3 is 14.4 Å². The summed E-state index contributed by atoms with van der Waals surface area (Å²) in [5.74, 6) is 2.28. The van der Waals surface area contributed by atoms with Crippen LogP contribution in [0.25, 0.3) is 0 Å². The van der Waals surface area contributed by atoms with Crippen LogP contribution in [0.5, 0.6) is 11.5 Å². The zero-order valence-corrected chi connectivity index (χ0v) is 22.6. The molecule has 0 radical (unpaired) electrons. The van der Waals surface area contributed by atoms with Crippen molar-refractivity contribution in [2.24, 2.45) is 0 Å². The molecule has 0 saturated heterocycles. The third-order valence-corrected chi connectivity index (χ3v) is 7.43. The molecule has 0 amide bonds. The van der Waals surface area contributed by atoms with Gasteiger partial charge in [-0.2, -0.15) is 0 Å². The molecule has 0 saturated carbocycles. The number of nitrogens with zero attached hydrogens (tertiary/aromatic N) is 3. The Morgan fingerprint density at radius 3 is 1.86 bits per heavy atom. The van der Waals surface area contributed by atoms with E-state index >= 15 is 0 Å². The van der Waals surface area contributed by atoms with Crippen molar-refractivity contribution in [3.63, 3.8) is 0 Å². The van der Waals surface area contributed by atoms with Gasteiger partial charge in [-0.1, -0.05) is 35.9 Å². The Morgan fingerprint density at radius 1 is 0.943 bits per heavy atom. The van der Waals surface area contributed by atoms with Crippen LogP contribution >= 0.6 is 11.6 Å². The first-order chi connectivity index (χ1) is 16.6. The van der Waals surface area contributed by atoms with Crippen LogP contribution in [0.3, 0.4) is 0 Å². The summed E-state index contributed by atoms with van der Waals surface area (Å²) in [6, 6.07) is 17.5. The van der Waals surface area contributed by atoms with Gasteiger partial charge in [0.05, 0.1) is 30.0 Å². The Morgan fingerprint density at radius 2 is 1.43 bits per heavy atom. The van der Waals surface area contributed by atoms with Crippen molar-refractivity contribution in [3.8, 4) is 11.5 Å². The number of hydrogen-bond donors (Lipinski definition) is 1.